The highest BCUT2D eigenvalue weighted by Gasteiger charge is 2.31. The Labute approximate surface area is 132 Å². The van der Waals surface area contributed by atoms with Crippen molar-refractivity contribution in [2.75, 3.05) is 11.4 Å². The molecular formula is C15H19BrN2O3. The molecule has 1 aliphatic carbocycles. The van der Waals surface area contributed by atoms with E-state index in [2.05, 4.69) is 20.9 Å². The molecule has 6 heteroatoms. The minimum absolute atomic E-state index is 0.0490. The van der Waals surface area contributed by atoms with Crippen LogP contribution >= 0.6 is 15.9 Å². The monoisotopic (exact) mass is 354 g/mol. The van der Waals surface area contributed by atoms with E-state index in [0.717, 1.165) is 30.2 Å². The Hall–Kier alpha value is -1.30. The second-order valence-corrected chi connectivity index (χ2v) is 6.58. The van der Waals surface area contributed by atoms with Crippen LogP contribution in [0.1, 0.15) is 39.0 Å². The molecule has 1 aliphatic heterocycles. The number of nitrogens with zero attached hydrogens (tertiary/aromatic N) is 2. The first-order chi connectivity index (χ1) is 10.1. The predicted molar refractivity (Wildman–Crippen MR) is 82.7 cm³/mol. The Kier molecular flexibility index (Phi) is 4.33. The molecule has 1 atom stereocenters. The summed E-state index contributed by atoms with van der Waals surface area (Å²) in [6.07, 6.45) is 6.78. The van der Waals surface area contributed by atoms with E-state index in [0.29, 0.717) is 18.1 Å². The number of amides is 1. The number of aromatic nitrogens is 1. The standard InChI is InChI=1S/C15H19BrN2O3/c1-10-9-18(13-7-11(16)8-17-14(13)20-10)15(19)21-12-5-3-2-4-6-12/h7-8,10,12H,2-6,9H2,1H3/t10-/m1/s1. The molecule has 0 radical (unpaired) electrons. The van der Waals surface area contributed by atoms with Gasteiger partial charge in [-0.15, -0.1) is 0 Å². The third-order valence-electron chi connectivity index (χ3n) is 3.88. The number of halogens is 1. The fourth-order valence-electron chi connectivity index (χ4n) is 2.85. The van der Waals surface area contributed by atoms with Crippen molar-refractivity contribution >= 4 is 27.7 Å². The maximum Gasteiger partial charge on any atom is 0.414 e. The van der Waals surface area contributed by atoms with Gasteiger partial charge in [0.2, 0.25) is 5.88 Å². The molecule has 2 heterocycles. The van der Waals surface area contributed by atoms with Crippen LogP contribution in [0.2, 0.25) is 0 Å². The van der Waals surface area contributed by atoms with Gasteiger partial charge in [-0.3, -0.25) is 4.90 Å². The molecule has 0 bridgehead atoms. The van der Waals surface area contributed by atoms with Crippen LogP contribution in [0.25, 0.3) is 0 Å². The average molecular weight is 355 g/mol. The van der Waals surface area contributed by atoms with Gasteiger partial charge in [-0.2, -0.15) is 0 Å². The lowest BCUT2D eigenvalue weighted by Crippen LogP contribution is -2.44. The van der Waals surface area contributed by atoms with E-state index in [-0.39, 0.29) is 18.3 Å². The van der Waals surface area contributed by atoms with Gasteiger partial charge in [-0.05, 0) is 54.6 Å². The minimum atomic E-state index is -0.293. The number of carbonyl (C=O) groups excluding carboxylic acids is 1. The van der Waals surface area contributed by atoms with Gasteiger partial charge >= 0.3 is 6.09 Å². The summed E-state index contributed by atoms with van der Waals surface area (Å²) in [6, 6.07) is 1.84. The van der Waals surface area contributed by atoms with Crippen molar-refractivity contribution in [2.45, 2.75) is 51.2 Å². The van der Waals surface area contributed by atoms with Crippen LogP contribution in [-0.4, -0.2) is 29.8 Å². The number of anilines is 1. The van der Waals surface area contributed by atoms with Gasteiger partial charge in [0.25, 0.3) is 0 Å². The van der Waals surface area contributed by atoms with Crippen molar-refractivity contribution in [1.29, 1.82) is 0 Å². The lowest BCUT2D eigenvalue weighted by atomic mass is 9.98. The molecule has 0 N–H and O–H groups in total. The van der Waals surface area contributed by atoms with Crippen molar-refractivity contribution in [3.63, 3.8) is 0 Å². The number of pyridine rings is 1. The summed E-state index contributed by atoms with van der Waals surface area (Å²) in [5.41, 5.74) is 0.670. The summed E-state index contributed by atoms with van der Waals surface area (Å²) in [5, 5.41) is 0. The molecule has 1 aromatic heterocycles. The molecule has 1 fully saturated rings. The van der Waals surface area contributed by atoms with Gasteiger partial charge in [0.1, 0.15) is 17.9 Å². The van der Waals surface area contributed by atoms with E-state index >= 15 is 0 Å². The number of carbonyl (C=O) groups is 1. The van der Waals surface area contributed by atoms with E-state index < -0.39 is 0 Å². The Balaban J connectivity index is 1.78. The second kappa shape index (κ2) is 6.22. The van der Waals surface area contributed by atoms with Gasteiger partial charge in [0.15, 0.2) is 0 Å². The molecule has 1 aromatic rings. The van der Waals surface area contributed by atoms with Crippen LogP contribution in [0, 0.1) is 0 Å². The Morgan fingerprint density at radius 1 is 1.43 bits per heavy atom. The van der Waals surface area contributed by atoms with Crippen LogP contribution in [-0.2, 0) is 4.74 Å². The second-order valence-electron chi connectivity index (χ2n) is 5.66. The first kappa shape index (κ1) is 14.6. The molecule has 114 valence electrons. The van der Waals surface area contributed by atoms with E-state index in [4.69, 9.17) is 9.47 Å². The summed E-state index contributed by atoms with van der Waals surface area (Å²) < 4.78 is 12.2. The van der Waals surface area contributed by atoms with E-state index in [1.165, 1.54) is 6.42 Å². The van der Waals surface area contributed by atoms with Gasteiger partial charge in [-0.25, -0.2) is 9.78 Å². The number of ether oxygens (including phenoxy) is 2. The molecular weight excluding hydrogens is 336 g/mol. The van der Waals surface area contributed by atoms with Crippen molar-refractivity contribution in [2.24, 2.45) is 0 Å². The van der Waals surface area contributed by atoms with Crippen LogP contribution < -0.4 is 9.64 Å². The number of rotatable bonds is 1. The van der Waals surface area contributed by atoms with E-state index in [9.17, 15) is 4.79 Å². The van der Waals surface area contributed by atoms with Crippen molar-refractivity contribution in [1.82, 2.24) is 4.98 Å². The fraction of sp³-hybridized carbons (Fsp3) is 0.600. The Morgan fingerprint density at radius 3 is 2.95 bits per heavy atom. The highest BCUT2D eigenvalue weighted by Crippen LogP contribution is 2.34. The van der Waals surface area contributed by atoms with Crippen molar-refractivity contribution in [3.8, 4) is 5.88 Å². The predicted octanol–water partition coefficient (Wildman–Crippen LogP) is 3.90. The zero-order valence-electron chi connectivity index (χ0n) is 12.0. The van der Waals surface area contributed by atoms with Crippen LogP contribution in [0.15, 0.2) is 16.7 Å². The minimum Gasteiger partial charge on any atom is -0.471 e. The highest BCUT2D eigenvalue weighted by atomic mass is 79.9. The quantitative estimate of drug-likeness (QED) is 0.767. The molecule has 0 unspecified atom stereocenters. The smallest absolute Gasteiger partial charge is 0.414 e. The molecule has 0 saturated heterocycles. The van der Waals surface area contributed by atoms with E-state index in [1.807, 2.05) is 13.0 Å². The zero-order chi connectivity index (χ0) is 14.8. The van der Waals surface area contributed by atoms with Crippen LogP contribution in [0.3, 0.4) is 0 Å². The number of hydrogen-bond acceptors (Lipinski definition) is 4. The zero-order valence-corrected chi connectivity index (χ0v) is 13.6. The van der Waals surface area contributed by atoms with Gasteiger partial charge in [0.05, 0.1) is 6.54 Å². The summed E-state index contributed by atoms with van der Waals surface area (Å²) in [7, 11) is 0. The molecule has 1 amide bonds. The number of hydrogen-bond donors (Lipinski definition) is 0. The molecule has 2 aliphatic rings. The van der Waals surface area contributed by atoms with Crippen LogP contribution in [0.5, 0.6) is 5.88 Å². The third kappa shape index (κ3) is 3.31. The largest absolute Gasteiger partial charge is 0.471 e. The Bertz CT molecular complexity index is 532. The summed E-state index contributed by atoms with van der Waals surface area (Å²) in [6.45, 7) is 2.41. The highest BCUT2D eigenvalue weighted by molar-refractivity contribution is 9.10. The average Bonchev–Trinajstić information content (AvgIpc) is 2.48. The first-order valence-electron chi connectivity index (χ1n) is 7.44. The molecule has 3 rings (SSSR count). The fourth-order valence-corrected chi connectivity index (χ4v) is 3.16. The molecule has 0 aromatic carbocycles. The van der Waals surface area contributed by atoms with E-state index in [1.54, 1.807) is 11.1 Å². The maximum absolute atomic E-state index is 12.5. The normalized spacial score (nSPS) is 22.4. The van der Waals surface area contributed by atoms with Crippen LogP contribution in [0.4, 0.5) is 10.5 Å². The van der Waals surface area contributed by atoms with Gasteiger partial charge in [0, 0.05) is 10.7 Å². The summed E-state index contributed by atoms with van der Waals surface area (Å²) in [4.78, 5) is 18.4. The maximum atomic E-state index is 12.5. The Morgan fingerprint density at radius 2 is 2.19 bits per heavy atom. The molecule has 5 nitrogen and oxygen atoms in total. The van der Waals surface area contributed by atoms with Crippen molar-refractivity contribution < 1.29 is 14.3 Å². The molecule has 21 heavy (non-hydrogen) atoms. The topological polar surface area (TPSA) is 51.7 Å². The van der Waals surface area contributed by atoms with Crippen molar-refractivity contribution in [3.05, 3.63) is 16.7 Å². The summed E-state index contributed by atoms with van der Waals surface area (Å²) >= 11 is 3.38. The summed E-state index contributed by atoms with van der Waals surface area (Å²) in [5.74, 6) is 0.484. The SMILES string of the molecule is C[C@@H]1CN(C(=O)OC2CCCCC2)c2cc(Br)cnc2O1. The number of fused-ring (bicyclic) bond motifs is 1. The molecule has 1 saturated carbocycles. The third-order valence-corrected chi connectivity index (χ3v) is 4.32. The lowest BCUT2D eigenvalue weighted by molar-refractivity contribution is 0.0771. The lowest BCUT2D eigenvalue weighted by Gasteiger charge is -2.33. The first-order valence-corrected chi connectivity index (χ1v) is 8.23. The van der Waals surface area contributed by atoms with Gasteiger partial charge in [-0.1, -0.05) is 6.42 Å². The molecule has 0 spiro atoms. The van der Waals surface area contributed by atoms with Gasteiger partial charge < -0.3 is 9.47 Å².